The first kappa shape index (κ1) is 22.5. The van der Waals surface area contributed by atoms with Crippen LogP contribution in [0.5, 0.6) is 5.75 Å². The molecule has 2 aromatic carbocycles. The van der Waals surface area contributed by atoms with E-state index in [-0.39, 0.29) is 17.5 Å². The minimum absolute atomic E-state index is 0.114. The van der Waals surface area contributed by atoms with Crippen LogP contribution in [0, 0.1) is 0 Å². The molecule has 0 atom stereocenters. The highest BCUT2D eigenvalue weighted by Gasteiger charge is 2.23. The number of carbonyl (C=O) groups excluding carboxylic acids is 2. The van der Waals surface area contributed by atoms with Gasteiger partial charge in [0.05, 0.1) is 12.8 Å². The lowest BCUT2D eigenvalue weighted by molar-refractivity contribution is 0.0911. The number of benzene rings is 2. The molecule has 1 fully saturated rings. The Bertz CT molecular complexity index is 903. The molecule has 3 rings (SSSR count). The van der Waals surface area contributed by atoms with Crippen molar-refractivity contribution in [1.29, 1.82) is 0 Å². The van der Waals surface area contributed by atoms with E-state index >= 15 is 0 Å². The predicted molar refractivity (Wildman–Crippen MR) is 124 cm³/mol. The molecule has 2 N–H and O–H groups in total. The van der Waals surface area contributed by atoms with Gasteiger partial charge < -0.3 is 25.2 Å². The average molecular weight is 425 g/mol. The zero-order chi connectivity index (χ0) is 22.4. The summed E-state index contributed by atoms with van der Waals surface area (Å²) in [5.41, 5.74) is 2.04. The van der Waals surface area contributed by atoms with Crippen LogP contribution in [0.2, 0.25) is 0 Å². The highest BCUT2D eigenvalue weighted by molar-refractivity contribution is 5.96. The van der Waals surface area contributed by atoms with Crippen molar-refractivity contribution < 1.29 is 14.3 Å². The topological polar surface area (TPSA) is 73.9 Å². The van der Waals surface area contributed by atoms with E-state index in [0.717, 1.165) is 30.9 Å². The van der Waals surface area contributed by atoms with Gasteiger partial charge in [0.2, 0.25) is 0 Å². The lowest BCUT2D eigenvalue weighted by Crippen LogP contribution is -2.50. The summed E-state index contributed by atoms with van der Waals surface area (Å²) in [4.78, 5) is 29.1. The highest BCUT2D eigenvalue weighted by atomic mass is 16.5. The number of rotatable bonds is 6. The fourth-order valence-corrected chi connectivity index (χ4v) is 3.42. The van der Waals surface area contributed by atoms with Crippen molar-refractivity contribution in [2.24, 2.45) is 0 Å². The van der Waals surface area contributed by atoms with E-state index in [1.807, 2.05) is 45.0 Å². The summed E-state index contributed by atoms with van der Waals surface area (Å²) in [5, 5.41) is 5.94. The number of anilines is 2. The SMILES string of the molecule is CCC(C)(C)NC(=O)c1ccc(NC(=O)N2CCN(c3ccccc3OC)CC2)cc1. The number of hydrogen-bond acceptors (Lipinski definition) is 4. The molecule has 0 unspecified atom stereocenters. The third kappa shape index (κ3) is 5.69. The molecule has 1 aliphatic heterocycles. The first-order chi connectivity index (χ1) is 14.8. The maximum atomic E-state index is 12.7. The van der Waals surface area contributed by atoms with Crippen LogP contribution in [-0.2, 0) is 0 Å². The van der Waals surface area contributed by atoms with Crippen molar-refractivity contribution in [3.8, 4) is 5.75 Å². The molecule has 0 saturated carbocycles. The fourth-order valence-electron chi connectivity index (χ4n) is 3.42. The summed E-state index contributed by atoms with van der Waals surface area (Å²) < 4.78 is 5.45. The summed E-state index contributed by atoms with van der Waals surface area (Å²) >= 11 is 0. The Morgan fingerprint density at radius 1 is 1.00 bits per heavy atom. The van der Waals surface area contributed by atoms with E-state index < -0.39 is 0 Å². The number of nitrogens with zero attached hydrogens (tertiary/aromatic N) is 2. The third-order valence-electron chi connectivity index (χ3n) is 5.73. The molecular formula is C24H32N4O3. The molecule has 1 heterocycles. The summed E-state index contributed by atoms with van der Waals surface area (Å²) in [6.07, 6.45) is 0.844. The Hall–Kier alpha value is -3.22. The summed E-state index contributed by atoms with van der Waals surface area (Å²) in [6, 6.07) is 14.8. The van der Waals surface area contributed by atoms with Gasteiger partial charge in [-0.1, -0.05) is 19.1 Å². The zero-order valence-electron chi connectivity index (χ0n) is 18.8. The molecule has 2 aromatic rings. The molecule has 1 aliphatic rings. The van der Waals surface area contributed by atoms with E-state index in [2.05, 4.69) is 15.5 Å². The Kier molecular flexibility index (Phi) is 7.05. The van der Waals surface area contributed by atoms with E-state index in [1.165, 1.54) is 0 Å². The van der Waals surface area contributed by atoms with Crippen molar-refractivity contribution in [2.75, 3.05) is 43.5 Å². The molecule has 0 aromatic heterocycles. The first-order valence-electron chi connectivity index (χ1n) is 10.7. The van der Waals surface area contributed by atoms with Gasteiger partial charge in [0.25, 0.3) is 5.91 Å². The van der Waals surface area contributed by atoms with Gasteiger partial charge >= 0.3 is 6.03 Å². The Balaban J connectivity index is 1.54. The number of amides is 3. The standard InChI is InChI=1S/C24H32N4O3/c1-5-24(2,3)26-22(29)18-10-12-19(13-11-18)25-23(30)28-16-14-27(15-17-28)20-8-6-7-9-21(20)31-4/h6-13H,5,14-17H2,1-4H3,(H,25,30)(H,26,29). The predicted octanol–water partition coefficient (Wildman–Crippen LogP) is 3.97. The maximum Gasteiger partial charge on any atom is 0.321 e. The number of carbonyl (C=O) groups is 2. The van der Waals surface area contributed by atoms with Crippen molar-refractivity contribution in [3.63, 3.8) is 0 Å². The van der Waals surface area contributed by atoms with Gasteiger partial charge in [-0.2, -0.15) is 0 Å². The Morgan fingerprint density at radius 2 is 1.65 bits per heavy atom. The molecule has 1 saturated heterocycles. The van der Waals surface area contributed by atoms with Crippen LogP contribution in [0.1, 0.15) is 37.6 Å². The Labute approximate surface area is 184 Å². The summed E-state index contributed by atoms with van der Waals surface area (Å²) in [5.74, 6) is 0.726. The van der Waals surface area contributed by atoms with Crippen LogP contribution in [0.3, 0.4) is 0 Å². The van der Waals surface area contributed by atoms with Crippen molar-refractivity contribution in [1.82, 2.24) is 10.2 Å². The van der Waals surface area contributed by atoms with E-state index in [1.54, 1.807) is 36.3 Å². The smallest absolute Gasteiger partial charge is 0.321 e. The lowest BCUT2D eigenvalue weighted by atomic mass is 10.0. The lowest BCUT2D eigenvalue weighted by Gasteiger charge is -2.36. The van der Waals surface area contributed by atoms with Gasteiger partial charge in [0.1, 0.15) is 5.75 Å². The van der Waals surface area contributed by atoms with E-state index in [9.17, 15) is 9.59 Å². The number of urea groups is 1. The van der Waals surface area contributed by atoms with E-state index in [0.29, 0.717) is 24.3 Å². The molecular weight excluding hydrogens is 392 g/mol. The third-order valence-corrected chi connectivity index (χ3v) is 5.73. The fraction of sp³-hybridized carbons (Fsp3) is 0.417. The molecule has 7 nitrogen and oxygen atoms in total. The monoisotopic (exact) mass is 424 g/mol. The van der Waals surface area contributed by atoms with Crippen LogP contribution in [0.15, 0.2) is 48.5 Å². The minimum Gasteiger partial charge on any atom is -0.495 e. The molecule has 7 heteroatoms. The normalized spacial score (nSPS) is 14.2. The molecule has 0 spiro atoms. The number of nitrogens with one attached hydrogen (secondary N) is 2. The average Bonchev–Trinajstić information content (AvgIpc) is 2.79. The second-order valence-corrected chi connectivity index (χ2v) is 8.35. The second kappa shape index (κ2) is 9.73. The minimum atomic E-state index is -0.254. The molecule has 166 valence electrons. The highest BCUT2D eigenvalue weighted by Crippen LogP contribution is 2.28. The first-order valence-corrected chi connectivity index (χ1v) is 10.7. The molecule has 0 aliphatic carbocycles. The van der Waals surface area contributed by atoms with Gasteiger partial charge in [0, 0.05) is 43.0 Å². The number of methoxy groups -OCH3 is 1. The molecule has 0 bridgehead atoms. The van der Waals surface area contributed by atoms with E-state index in [4.69, 9.17) is 4.74 Å². The van der Waals surface area contributed by atoms with Crippen LogP contribution >= 0.6 is 0 Å². The number of piperazine rings is 1. The number of hydrogen-bond donors (Lipinski definition) is 2. The number of ether oxygens (including phenoxy) is 1. The van der Waals surface area contributed by atoms with Gasteiger partial charge in [-0.3, -0.25) is 4.79 Å². The van der Waals surface area contributed by atoms with Gasteiger partial charge in [-0.15, -0.1) is 0 Å². The van der Waals surface area contributed by atoms with Crippen LogP contribution in [0.25, 0.3) is 0 Å². The molecule has 3 amide bonds. The van der Waals surface area contributed by atoms with Gasteiger partial charge in [-0.25, -0.2) is 4.79 Å². The van der Waals surface area contributed by atoms with Crippen LogP contribution < -0.4 is 20.3 Å². The zero-order valence-corrected chi connectivity index (χ0v) is 18.8. The largest absolute Gasteiger partial charge is 0.495 e. The second-order valence-electron chi connectivity index (χ2n) is 8.35. The molecule has 0 radical (unpaired) electrons. The summed E-state index contributed by atoms with van der Waals surface area (Å²) in [6.45, 7) is 8.74. The quantitative estimate of drug-likeness (QED) is 0.736. The van der Waals surface area contributed by atoms with Crippen LogP contribution in [-0.4, -0.2) is 55.7 Å². The summed E-state index contributed by atoms with van der Waals surface area (Å²) in [7, 11) is 1.67. The van der Waals surface area contributed by atoms with Crippen molar-refractivity contribution in [3.05, 3.63) is 54.1 Å². The maximum absolute atomic E-state index is 12.7. The van der Waals surface area contributed by atoms with Gasteiger partial charge in [-0.05, 0) is 56.7 Å². The Morgan fingerprint density at radius 3 is 2.26 bits per heavy atom. The van der Waals surface area contributed by atoms with Crippen LogP contribution in [0.4, 0.5) is 16.2 Å². The molecule has 31 heavy (non-hydrogen) atoms. The van der Waals surface area contributed by atoms with Crippen molar-refractivity contribution >= 4 is 23.3 Å². The van der Waals surface area contributed by atoms with Gasteiger partial charge in [0.15, 0.2) is 0 Å². The number of para-hydroxylation sites is 2. The van der Waals surface area contributed by atoms with Crippen molar-refractivity contribution in [2.45, 2.75) is 32.7 Å².